The van der Waals surface area contributed by atoms with Crippen molar-refractivity contribution in [3.63, 3.8) is 0 Å². The van der Waals surface area contributed by atoms with Crippen LogP contribution in [-0.2, 0) is 9.53 Å². The Morgan fingerprint density at radius 1 is 0.962 bits per heavy atom. The Bertz CT molecular complexity index is 807. The van der Waals surface area contributed by atoms with E-state index in [1.807, 2.05) is 0 Å². The number of carbonyl (C=O) groups is 2. The third-order valence-electron chi connectivity index (χ3n) is 3.73. The first-order valence-electron chi connectivity index (χ1n) is 7.97. The number of nitrogens with one attached hydrogen (secondary N) is 3. The quantitative estimate of drug-likeness (QED) is 0.761. The van der Waals surface area contributed by atoms with Crippen molar-refractivity contribution in [2.24, 2.45) is 0 Å². The van der Waals surface area contributed by atoms with Crippen LogP contribution < -0.4 is 25.4 Å². The zero-order valence-corrected chi connectivity index (χ0v) is 14.4. The third kappa shape index (κ3) is 4.15. The van der Waals surface area contributed by atoms with Crippen LogP contribution in [0.2, 0.25) is 0 Å². The molecule has 2 aromatic rings. The smallest absolute Gasteiger partial charge is 0.411 e. The molecule has 136 valence electrons. The van der Waals surface area contributed by atoms with Crippen molar-refractivity contribution < 1.29 is 23.8 Å². The fraction of sp³-hybridized carbons (Fsp3) is 0.222. The Kier molecular flexibility index (Phi) is 5.12. The van der Waals surface area contributed by atoms with Crippen molar-refractivity contribution in [2.75, 3.05) is 29.9 Å². The summed E-state index contributed by atoms with van der Waals surface area (Å²) >= 11 is 0. The molecule has 1 heterocycles. The molecule has 3 rings (SSSR count). The Hall–Kier alpha value is -3.42. The van der Waals surface area contributed by atoms with E-state index in [1.54, 1.807) is 49.4 Å². The summed E-state index contributed by atoms with van der Waals surface area (Å²) in [6.45, 7) is 1.94. The van der Waals surface area contributed by atoms with Crippen LogP contribution >= 0.6 is 0 Å². The predicted octanol–water partition coefficient (Wildman–Crippen LogP) is 3.03. The van der Waals surface area contributed by atoms with E-state index >= 15 is 0 Å². The number of ether oxygens (including phenoxy) is 3. The van der Waals surface area contributed by atoms with Crippen molar-refractivity contribution in [2.45, 2.75) is 13.0 Å². The van der Waals surface area contributed by atoms with E-state index in [-0.39, 0.29) is 12.7 Å². The van der Waals surface area contributed by atoms with Crippen LogP contribution in [0.4, 0.5) is 21.9 Å². The first-order valence-corrected chi connectivity index (χ1v) is 7.97. The Morgan fingerprint density at radius 2 is 1.62 bits per heavy atom. The number of hydrogen-bond acceptors (Lipinski definition) is 6. The van der Waals surface area contributed by atoms with Crippen molar-refractivity contribution in [3.05, 3.63) is 42.5 Å². The van der Waals surface area contributed by atoms with Gasteiger partial charge in [-0.2, -0.15) is 0 Å². The van der Waals surface area contributed by atoms with E-state index in [9.17, 15) is 9.59 Å². The highest BCUT2D eigenvalue weighted by Crippen LogP contribution is 2.34. The standard InChI is InChI=1S/C18H19N3O5/c1-11(19-12-3-5-13(6-4-12)21-18(23)24-2)17(22)20-14-7-8-15-16(9-14)26-10-25-15/h3-9,11,19H,10H2,1-2H3,(H,20,22)(H,21,23)/t11-/m0/s1. The number of carbonyl (C=O) groups excluding carboxylic acids is 2. The zero-order chi connectivity index (χ0) is 18.5. The summed E-state index contributed by atoms with van der Waals surface area (Å²) in [5, 5.41) is 8.48. The third-order valence-corrected chi connectivity index (χ3v) is 3.73. The number of hydrogen-bond donors (Lipinski definition) is 3. The van der Waals surface area contributed by atoms with E-state index in [0.717, 1.165) is 5.69 Å². The highest BCUT2D eigenvalue weighted by Gasteiger charge is 2.17. The van der Waals surface area contributed by atoms with Gasteiger partial charge in [-0.25, -0.2) is 4.79 Å². The topological polar surface area (TPSA) is 97.9 Å². The maximum atomic E-state index is 12.3. The molecule has 0 aliphatic carbocycles. The first-order chi connectivity index (χ1) is 12.5. The van der Waals surface area contributed by atoms with Gasteiger partial charge in [-0.15, -0.1) is 0 Å². The molecule has 0 spiro atoms. The molecule has 8 heteroatoms. The summed E-state index contributed by atoms with van der Waals surface area (Å²) in [6, 6.07) is 11.7. The van der Waals surface area contributed by atoms with Crippen LogP contribution in [0.3, 0.4) is 0 Å². The fourth-order valence-electron chi connectivity index (χ4n) is 2.36. The minimum atomic E-state index is -0.540. The van der Waals surface area contributed by atoms with Gasteiger partial charge >= 0.3 is 6.09 Å². The molecule has 0 radical (unpaired) electrons. The van der Waals surface area contributed by atoms with E-state index in [4.69, 9.17) is 9.47 Å². The van der Waals surface area contributed by atoms with Crippen LogP contribution in [0, 0.1) is 0 Å². The largest absolute Gasteiger partial charge is 0.454 e. The van der Waals surface area contributed by atoms with E-state index < -0.39 is 12.1 Å². The fourth-order valence-corrected chi connectivity index (χ4v) is 2.36. The number of methoxy groups -OCH3 is 1. The number of amides is 2. The Morgan fingerprint density at radius 3 is 2.35 bits per heavy atom. The maximum absolute atomic E-state index is 12.3. The van der Waals surface area contributed by atoms with Gasteiger partial charge in [-0.05, 0) is 43.3 Å². The van der Waals surface area contributed by atoms with Gasteiger partial charge in [0.1, 0.15) is 6.04 Å². The minimum Gasteiger partial charge on any atom is -0.454 e. The number of anilines is 3. The first kappa shape index (κ1) is 17.4. The van der Waals surface area contributed by atoms with Gasteiger partial charge in [0, 0.05) is 23.1 Å². The SMILES string of the molecule is COC(=O)Nc1ccc(N[C@@H](C)C(=O)Nc2ccc3c(c2)OCO3)cc1. The summed E-state index contributed by atoms with van der Waals surface area (Å²) in [4.78, 5) is 23.5. The van der Waals surface area contributed by atoms with Gasteiger partial charge in [0.25, 0.3) is 0 Å². The molecule has 0 bridgehead atoms. The van der Waals surface area contributed by atoms with Crippen LogP contribution in [-0.4, -0.2) is 31.9 Å². The molecule has 3 N–H and O–H groups in total. The second kappa shape index (κ2) is 7.64. The summed E-state index contributed by atoms with van der Waals surface area (Å²) in [5.41, 5.74) is 1.97. The van der Waals surface area contributed by atoms with Crippen LogP contribution in [0.5, 0.6) is 11.5 Å². The molecule has 0 saturated carbocycles. The molecule has 1 aliphatic heterocycles. The summed E-state index contributed by atoms with van der Waals surface area (Å²) < 4.78 is 15.1. The average molecular weight is 357 g/mol. The summed E-state index contributed by atoms with van der Waals surface area (Å²) in [7, 11) is 1.30. The van der Waals surface area contributed by atoms with Crippen LogP contribution in [0.15, 0.2) is 42.5 Å². The van der Waals surface area contributed by atoms with Gasteiger partial charge in [-0.3, -0.25) is 10.1 Å². The number of rotatable bonds is 5. The second-order valence-corrected chi connectivity index (χ2v) is 5.62. The molecule has 2 amide bonds. The molecular formula is C18H19N3O5. The molecule has 26 heavy (non-hydrogen) atoms. The van der Waals surface area contributed by atoms with Gasteiger partial charge in [-0.1, -0.05) is 0 Å². The van der Waals surface area contributed by atoms with Crippen molar-refractivity contribution in [1.29, 1.82) is 0 Å². The van der Waals surface area contributed by atoms with Gasteiger partial charge in [0.15, 0.2) is 11.5 Å². The predicted molar refractivity (Wildman–Crippen MR) is 96.7 cm³/mol. The van der Waals surface area contributed by atoms with Crippen molar-refractivity contribution >= 4 is 29.1 Å². The highest BCUT2D eigenvalue weighted by atomic mass is 16.7. The van der Waals surface area contributed by atoms with E-state index in [0.29, 0.717) is 22.9 Å². The molecule has 0 fully saturated rings. The number of benzene rings is 2. The average Bonchev–Trinajstić information content (AvgIpc) is 3.11. The van der Waals surface area contributed by atoms with Gasteiger partial charge < -0.3 is 24.8 Å². The molecule has 0 unspecified atom stereocenters. The van der Waals surface area contributed by atoms with Gasteiger partial charge in [0.2, 0.25) is 12.7 Å². The minimum absolute atomic E-state index is 0.186. The van der Waals surface area contributed by atoms with Crippen LogP contribution in [0.25, 0.3) is 0 Å². The molecule has 0 aromatic heterocycles. The van der Waals surface area contributed by atoms with Crippen molar-refractivity contribution in [3.8, 4) is 11.5 Å². The molecule has 1 aliphatic rings. The molecule has 0 saturated heterocycles. The molecule has 2 aromatic carbocycles. The zero-order valence-electron chi connectivity index (χ0n) is 14.4. The molecule has 1 atom stereocenters. The lowest BCUT2D eigenvalue weighted by Crippen LogP contribution is -2.31. The van der Waals surface area contributed by atoms with Gasteiger partial charge in [0.05, 0.1) is 7.11 Å². The van der Waals surface area contributed by atoms with Crippen LogP contribution in [0.1, 0.15) is 6.92 Å². The van der Waals surface area contributed by atoms with E-state index in [2.05, 4.69) is 20.7 Å². The molecular weight excluding hydrogens is 338 g/mol. The summed E-state index contributed by atoms with van der Waals surface area (Å²) in [6.07, 6.45) is -0.540. The second-order valence-electron chi connectivity index (χ2n) is 5.62. The summed E-state index contributed by atoms with van der Waals surface area (Å²) in [5.74, 6) is 1.08. The van der Waals surface area contributed by atoms with Crippen molar-refractivity contribution in [1.82, 2.24) is 0 Å². The highest BCUT2D eigenvalue weighted by molar-refractivity contribution is 5.96. The molecule has 8 nitrogen and oxygen atoms in total. The normalized spacial score (nSPS) is 12.8. The lowest BCUT2D eigenvalue weighted by atomic mass is 10.2. The Labute approximate surface area is 150 Å². The lowest BCUT2D eigenvalue weighted by molar-refractivity contribution is -0.116. The monoisotopic (exact) mass is 357 g/mol. The Balaban J connectivity index is 1.56. The lowest BCUT2D eigenvalue weighted by Gasteiger charge is -2.16. The maximum Gasteiger partial charge on any atom is 0.411 e. The number of fused-ring (bicyclic) bond motifs is 1. The van der Waals surface area contributed by atoms with E-state index in [1.165, 1.54) is 7.11 Å².